The summed E-state index contributed by atoms with van der Waals surface area (Å²) in [5.41, 5.74) is 2.04. The Hall–Kier alpha value is -2.64. The van der Waals surface area contributed by atoms with Crippen molar-refractivity contribution in [1.82, 2.24) is 29.5 Å². The fourth-order valence-corrected chi connectivity index (χ4v) is 4.32. The molecule has 4 heterocycles. The number of aromatic amines is 1. The highest BCUT2D eigenvalue weighted by molar-refractivity contribution is 5.78. The predicted octanol–water partition coefficient (Wildman–Crippen LogP) is 0.997. The quantitative estimate of drug-likeness (QED) is 0.851. The van der Waals surface area contributed by atoms with Crippen LogP contribution in [0.15, 0.2) is 24.8 Å². The summed E-state index contributed by atoms with van der Waals surface area (Å²) in [6.45, 7) is 4.39. The molecule has 2 saturated heterocycles. The van der Waals surface area contributed by atoms with E-state index in [0.717, 1.165) is 37.2 Å². The molecule has 2 aliphatic rings. The van der Waals surface area contributed by atoms with E-state index in [-0.39, 0.29) is 17.9 Å². The fraction of sp³-hybridized carbons (Fsp3) is 0.579. The van der Waals surface area contributed by atoms with Gasteiger partial charge in [0.1, 0.15) is 6.54 Å². The molecule has 0 radical (unpaired) electrons. The SMILES string of the molecule is Cc1ccnn1CC(=O)N1CC[C@@H]2[C@@H](CCC(=O)N2CCc2cnc[nH]2)C1. The van der Waals surface area contributed by atoms with Crippen LogP contribution >= 0.6 is 0 Å². The van der Waals surface area contributed by atoms with E-state index in [1.165, 1.54) is 0 Å². The fourth-order valence-electron chi connectivity index (χ4n) is 4.32. The Morgan fingerprint density at radius 3 is 3.00 bits per heavy atom. The average molecular weight is 370 g/mol. The average Bonchev–Trinajstić information content (AvgIpc) is 3.33. The monoisotopic (exact) mass is 370 g/mol. The van der Waals surface area contributed by atoms with Gasteiger partial charge in [-0.25, -0.2) is 4.98 Å². The van der Waals surface area contributed by atoms with Crippen molar-refractivity contribution in [3.8, 4) is 0 Å². The number of H-pyrrole nitrogens is 1. The maximum Gasteiger partial charge on any atom is 0.244 e. The van der Waals surface area contributed by atoms with E-state index in [0.29, 0.717) is 32.0 Å². The number of fused-ring (bicyclic) bond motifs is 1. The lowest BCUT2D eigenvalue weighted by molar-refractivity contribution is -0.144. The molecule has 144 valence electrons. The smallest absolute Gasteiger partial charge is 0.244 e. The number of piperidine rings is 2. The number of aryl methyl sites for hydroxylation is 1. The summed E-state index contributed by atoms with van der Waals surface area (Å²) in [7, 11) is 0. The van der Waals surface area contributed by atoms with Crippen molar-refractivity contribution in [3.05, 3.63) is 36.2 Å². The molecule has 0 aliphatic carbocycles. The number of hydrogen-bond donors (Lipinski definition) is 1. The van der Waals surface area contributed by atoms with E-state index < -0.39 is 0 Å². The first kappa shape index (κ1) is 17.8. The van der Waals surface area contributed by atoms with Crippen LogP contribution in [0.3, 0.4) is 0 Å². The van der Waals surface area contributed by atoms with Crippen LogP contribution in [0.1, 0.15) is 30.7 Å². The van der Waals surface area contributed by atoms with Gasteiger partial charge in [-0.2, -0.15) is 5.10 Å². The number of amides is 2. The van der Waals surface area contributed by atoms with E-state index in [1.807, 2.05) is 29.0 Å². The molecule has 1 N–H and O–H groups in total. The molecule has 4 rings (SSSR count). The largest absolute Gasteiger partial charge is 0.348 e. The molecular weight excluding hydrogens is 344 g/mol. The first-order chi connectivity index (χ1) is 13.1. The van der Waals surface area contributed by atoms with Crippen LogP contribution in [-0.4, -0.2) is 67.0 Å². The number of carbonyl (C=O) groups excluding carboxylic acids is 2. The standard InChI is InChI=1S/C19H26N6O2/c1-14-4-7-22-25(14)12-19(27)23-8-6-17-15(11-23)2-3-18(26)24(17)9-5-16-10-20-13-21-16/h4,7,10,13,15,17H,2-3,5-6,8-9,11-12H2,1H3,(H,20,21)/t15-,17+/m0/s1. The summed E-state index contributed by atoms with van der Waals surface area (Å²) < 4.78 is 1.75. The van der Waals surface area contributed by atoms with E-state index in [9.17, 15) is 9.59 Å². The van der Waals surface area contributed by atoms with Gasteiger partial charge < -0.3 is 14.8 Å². The topological polar surface area (TPSA) is 87.1 Å². The Morgan fingerprint density at radius 1 is 1.37 bits per heavy atom. The minimum atomic E-state index is 0.112. The highest BCUT2D eigenvalue weighted by Gasteiger charge is 2.40. The van der Waals surface area contributed by atoms with Gasteiger partial charge in [-0.05, 0) is 31.7 Å². The number of hydrogen-bond acceptors (Lipinski definition) is 4. The molecule has 0 aromatic carbocycles. The molecule has 8 nitrogen and oxygen atoms in total. The van der Waals surface area contributed by atoms with Crippen LogP contribution < -0.4 is 0 Å². The predicted molar refractivity (Wildman–Crippen MR) is 98.7 cm³/mol. The van der Waals surface area contributed by atoms with E-state index in [4.69, 9.17) is 0 Å². The maximum absolute atomic E-state index is 12.7. The van der Waals surface area contributed by atoms with Gasteiger partial charge in [0.05, 0.1) is 6.33 Å². The molecule has 2 aromatic heterocycles. The van der Waals surface area contributed by atoms with Crippen LogP contribution in [0.4, 0.5) is 0 Å². The third-order valence-corrected chi connectivity index (χ3v) is 5.89. The van der Waals surface area contributed by atoms with Gasteiger partial charge in [0.25, 0.3) is 0 Å². The Balaban J connectivity index is 1.37. The minimum absolute atomic E-state index is 0.112. The number of nitrogens with one attached hydrogen (secondary N) is 1. The molecular formula is C19H26N6O2. The minimum Gasteiger partial charge on any atom is -0.348 e. The summed E-state index contributed by atoms with van der Waals surface area (Å²) in [5.74, 6) is 0.713. The Morgan fingerprint density at radius 2 is 2.26 bits per heavy atom. The molecule has 2 atom stereocenters. The third-order valence-electron chi connectivity index (χ3n) is 5.89. The first-order valence-corrected chi connectivity index (χ1v) is 9.64. The second-order valence-corrected chi connectivity index (χ2v) is 7.54. The van der Waals surface area contributed by atoms with Crippen LogP contribution in [0.25, 0.3) is 0 Å². The number of aromatic nitrogens is 4. The van der Waals surface area contributed by atoms with Crippen molar-refractivity contribution in [2.24, 2.45) is 5.92 Å². The zero-order valence-electron chi connectivity index (χ0n) is 15.7. The van der Waals surface area contributed by atoms with Crippen molar-refractivity contribution in [2.45, 2.75) is 45.2 Å². The number of rotatable bonds is 5. The van der Waals surface area contributed by atoms with Crippen LogP contribution in [0, 0.1) is 12.8 Å². The normalized spacial score (nSPS) is 22.8. The van der Waals surface area contributed by atoms with Crippen molar-refractivity contribution < 1.29 is 9.59 Å². The Labute approximate surface area is 158 Å². The second kappa shape index (κ2) is 7.54. The molecule has 2 fully saturated rings. The lowest BCUT2D eigenvalue weighted by atomic mass is 9.83. The van der Waals surface area contributed by atoms with Gasteiger partial charge >= 0.3 is 0 Å². The Kier molecular flexibility index (Phi) is 4.96. The van der Waals surface area contributed by atoms with E-state index in [2.05, 4.69) is 15.1 Å². The maximum atomic E-state index is 12.7. The molecule has 2 aliphatic heterocycles. The molecule has 0 saturated carbocycles. The third kappa shape index (κ3) is 3.74. The second-order valence-electron chi connectivity index (χ2n) is 7.54. The van der Waals surface area contributed by atoms with Crippen molar-refractivity contribution >= 4 is 11.8 Å². The van der Waals surface area contributed by atoms with Crippen LogP contribution in [0.2, 0.25) is 0 Å². The molecule has 0 unspecified atom stereocenters. The van der Waals surface area contributed by atoms with Gasteiger partial charge in [-0.1, -0.05) is 0 Å². The van der Waals surface area contributed by atoms with Crippen molar-refractivity contribution in [3.63, 3.8) is 0 Å². The number of imidazole rings is 1. The lowest BCUT2D eigenvalue weighted by Crippen LogP contribution is -2.57. The Bertz CT molecular complexity index is 799. The number of likely N-dealkylation sites (tertiary alicyclic amines) is 2. The van der Waals surface area contributed by atoms with Gasteiger partial charge in [0.2, 0.25) is 11.8 Å². The molecule has 0 bridgehead atoms. The highest BCUT2D eigenvalue weighted by Crippen LogP contribution is 2.31. The van der Waals surface area contributed by atoms with Crippen LogP contribution in [-0.2, 0) is 22.6 Å². The van der Waals surface area contributed by atoms with Crippen molar-refractivity contribution in [1.29, 1.82) is 0 Å². The summed E-state index contributed by atoms with van der Waals surface area (Å²) >= 11 is 0. The van der Waals surface area contributed by atoms with Gasteiger partial charge in [-0.15, -0.1) is 0 Å². The number of carbonyl (C=O) groups is 2. The van der Waals surface area contributed by atoms with E-state index in [1.54, 1.807) is 17.2 Å². The van der Waals surface area contributed by atoms with Gasteiger partial charge in [-0.3, -0.25) is 14.3 Å². The molecule has 2 aromatic rings. The van der Waals surface area contributed by atoms with Gasteiger partial charge in [0.15, 0.2) is 0 Å². The number of nitrogens with zero attached hydrogens (tertiary/aromatic N) is 5. The summed E-state index contributed by atoms with van der Waals surface area (Å²) in [6, 6.07) is 2.15. The lowest BCUT2D eigenvalue weighted by Gasteiger charge is -2.47. The van der Waals surface area contributed by atoms with Gasteiger partial charge in [0, 0.05) is 62.3 Å². The zero-order valence-corrected chi connectivity index (χ0v) is 15.7. The highest BCUT2D eigenvalue weighted by atomic mass is 16.2. The van der Waals surface area contributed by atoms with Crippen LogP contribution in [0.5, 0.6) is 0 Å². The summed E-state index contributed by atoms with van der Waals surface area (Å²) in [5, 5.41) is 4.21. The molecule has 2 amide bonds. The molecule has 8 heteroatoms. The first-order valence-electron chi connectivity index (χ1n) is 9.64. The zero-order chi connectivity index (χ0) is 18.8. The van der Waals surface area contributed by atoms with Crippen molar-refractivity contribution in [2.75, 3.05) is 19.6 Å². The molecule has 0 spiro atoms. The van der Waals surface area contributed by atoms with E-state index >= 15 is 0 Å². The summed E-state index contributed by atoms with van der Waals surface area (Å²) in [4.78, 5) is 36.3. The molecule has 27 heavy (non-hydrogen) atoms. The summed E-state index contributed by atoms with van der Waals surface area (Å²) in [6.07, 6.45) is 8.28.